The van der Waals surface area contributed by atoms with Gasteiger partial charge in [0.05, 0.1) is 0 Å². The van der Waals surface area contributed by atoms with Crippen molar-refractivity contribution in [2.45, 2.75) is 46.0 Å². The van der Waals surface area contributed by atoms with Crippen LogP contribution in [0.2, 0.25) is 0 Å². The highest BCUT2D eigenvalue weighted by molar-refractivity contribution is 5.64. The number of aldehydes is 1. The van der Waals surface area contributed by atoms with Gasteiger partial charge in [0, 0.05) is 0 Å². The maximum absolute atomic E-state index is 9.96. The molecule has 0 radical (unpaired) electrons. The minimum Gasteiger partial charge on any atom is -0.299 e. The number of hydrogen-bond donors (Lipinski definition) is 0. The summed E-state index contributed by atoms with van der Waals surface area (Å²) >= 11 is 0. The molecule has 0 aliphatic rings. The zero-order valence-corrected chi connectivity index (χ0v) is 8.25. The maximum Gasteiger partial charge on any atom is 0.142 e. The predicted octanol–water partition coefficient (Wildman–Crippen LogP) is 3.35. The van der Waals surface area contributed by atoms with E-state index in [2.05, 4.69) is 13.8 Å². The van der Waals surface area contributed by atoms with Gasteiger partial charge < -0.3 is 0 Å². The number of carbonyl (C=O) groups is 1. The van der Waals surface area contributed by atoms with Crippen LogP contribution in [0, 0.1) is 5.92 Å². The standard InChI is InChI=1S/C11H20O/c1-3-4-5-8-11(2)9-6-7-10-12/h6-7,10-11H,3-5,8-9H2,1-2H3/b7-6+. The van der Waals surface area contributed by atoms with Crippen LogP contribution in [0.1, 0.15) is 46.0 Å². The minimum absolute atomic E-state index is 0.729. The molecule has 0 amide bonds. The van der Waals surface area contributed by atoms with Gasteiger partial charge in [-0.05, 0) is 18.4 Å². The highest BCUT2D eigenvalue weighted by atomic mass is 16.1. The number of unbranched alkanes of at least 4 members (excludes halogenated alkanes) is 2. The maximum atomic E-state index is 9.96. The summed E-state index contributed by atoms with van der Waals surface area (Å²) in [5.41, 5.74) is 0. The Balaban J connectivity index is 3.26. The van der Waals surface area contributed by atoms with Crippen LogP contribution in [0.4, 0.5) is 0 Å². The second-order valence-corrected chi connectivity index (χ2v) is 3.40. The van der Waals surface area contributed by atoms with Gasteiger partial charge in [0.15, 0.2) is 0 Å². The van der Waals surface area contributed by atoms with Crippen molar-refractivity contribution in [2.24, 2.45) is 5.92 Å². The quantitative estimate of drug-likeness (QED) is 0.324. The summed E-state index contributed by atoms with van der Waals surface area (Å²) in [6, 6.07) is 0. The zero-order valence-electron chi connectivity index (χ0n) is 8.25. The van der Waals surface area contributed by atoms with Crippen LogP contribution in [-0.2, 0) is 4.79 Å². The fourth-order valence-electron chi connectivity index (χ4n) is 1.23. The lowest BCUT2D eigenvalue weighted by Gasteiger charge is -2.06. The van der Waals surface area contributed by atoms with E-state index in [1.807, 2.05) is 6.08 Å². The van der Waals surface area contributed by atoms with E-state index < -0.39 is 0 Å². The first-order chi connectivity index (χ1) is 5.81. The molecule has 0 spiro atoms. The third-order valence-electron chi connectivity index (χ3n) is 2.05. The Morgan fingerprint density at radius 3 is 2.67 bits per heavy atom. The van der Waals surface area contributed by atoms with Crippen LogP contribution in [0.3, 0.4) is 0 Å². The molecule has 1 heteroatoms. The molecule has 0 fully saturated rings. The fourth-order valence-corrected chi connectivity index (χ4v) is 1.23. The van der Waals surface area contributed by atoms with Gasteiger partial charge in [-0.25, -0.2) is 0 Å². The molecule has 0 aromatic heterocycles. The molecule has 0 bridgehead atoms. The lowest BCUT2D eigenvalue weighted by molar-refractivity contribution is -0.104. The highest BCUT2D eigenvalue weighted by Gasteiger charge is 1.97. The molecule has 0 aliphatic carbocycles. The molecular formula is C11H20O. The minimum atomic E-state index is 0.729. The zero-order chi connectivity index (χ0) is 9.23. The van der Waals surface area contributed by atoms with Gasteiger partial charge in [-0.3, -0.25) is 4.79 Å². The van der Waals surface area contributed by atoms with Crippen molar-refractivity contribution in [2.75, 3.05) is 0 Å². The Hall–Kier alpha value is -0.590. The molecule has 0 aliphatic heterocycles. The van der Waals surface area contributed by atoms with Crippen molar-refractivity contribution in [3.05, 3.63) is 12.2 Å². The van der Waals surface area contributed by atoms with Crippen molar-refractivity contribution in [1.29, 1.82) is 0 Å². The second-order valence-electron chi connectivity index (χ2n) is 3.40. The molecule has 0 heterocycles. The van der Waals surface area contributed by atoms with E-state index in [4.69, 9.17) is 0 Å². The summed E-state index contributed by atoms with van der Waals surface area (Å²) < 4.78 is 0. The van der Waals surface area contributed by atoms with Crippen LogP contribution in [0.15, 0.2) is 12.2 Å². The van der Waals surface area contributed by atoms with Crippen LogP contribution >= 0.6 is 0 Å². The van der Waals surface area contributed by atoms with Gasteiger partial charge in [-0.1, -0.05) is 45.6 Å². The largest absolute Gasteiger partial charge is 0.299 e. The molecule has 0 N–H and O–H groups in total. The number of rotatable bonds is 7. The van der Waals surface area contributed by atoms with Gasteiger partial charge in [-0.2, -0.15) is 0 Å². The summed E-state index contributed by atoms with van der Waals surface area (Å²) in [6.07, 6.45) is 10.7. The van der Waals surface area contributed by atoms with E-state index >= 15 is 0 Å². The summed E-state index contributed by atoms with van der Waals surface area (Å²) in [5, 5.41) is 0. The predicted molar refractivity (Wildman–Crippen MR) is 53.1 cm³/mol. The van der Waals surface area contributed by atoms with Gasteiger partial charge >= 0.3 is 0 Å². The highest BCUT2D eigenvalue weighted by Crippen LogP contribution is 2.12. The fraction of sp³-hybridized carbons (Fsp3) is 0.727. The van der Waals surface area contributed by atoms with Gasteiger partial charge in [0.1, 0.15) is 6.29 Å². The van der Waals surface area contributed by atoms with Crippen LogP contribution < -0.4 is 0 Å². The molecule has 1 atom stereocenters. The smallest absolute Gasteiger partial charge is 0.142 e. The van der Waals surface area contributed by atoms with Crippen LogP contribution in [0.25, 0.3) is 0 Å². The molecule has 70 valence electrons. The lowest BCUT2D eigenvalue weighted by atomic mass is 10.00. The first kappa shape index (κ1) is 11.4. The summed E-state index contributed by atoms with van der Waals surface area (Å²) in [5.74, 6) is 0.729. The van der Waals surface area contributed by atoms with Crippen LogP contribution in [0.5, 0.6) is 0 Å². The van der Waals surface area contributed by atoms with E-state index in [1.54, 1.807) is 6.08 Å². The molecule has 0 aromatic rings. The summed E-state index contributed by atoms with van der Waals surface area (Å²) in [7, 11) is 0. The Morgan fingerprint density at radius 1 is 1.33 bits per heavy atom. The molecule has 1 unspecified atom stereocenters. The first-order valence-corrected chi connectivity index (χ1v) is 4.91. The van der Waals surface area contributed by atoms with Crippen molar-refractivity contribution in [3.8, 4) is 0 Å². The second kappa shape index (κ2) is 8.51. The first-order valence-electron chi connectivity index (χ1n) is 4.91. The van der Waals surface area contributed by atoms with Crippen molar-refractivity contribution in [1.82, 2.24) is 0 Å². The van der Waals surface area contributed by atoms with Gasteiger partial charge in [0.2, 0.25) is 0 Å². The van der Waals surface area contributed by atoms with E-state index in [0.717, 1.165) is 18.6 Å². The molecule has 0 saturated heterocycles. The number of hydrogen-bond acceptors (Lipinski definition) is 1. The van der Waals surface area contributed by atoms with E-state index in [0.29, 0.717) is 0 Å². The Bertz CT molecular complexity index is 127. The average molecular weight is 168 g/mol. The van der Waals surface area contributed by atoms with E-state index in [-0.39, 0.29) is 0 Å². The Labute approximate surface area is 75.9 Å². The summed E-state index contributed by atoms with van der Waals surface area (Å²) in [4.78, 5) is 9.96. The topological polar surface area (TPSA) is 17.1 Å². The van der Waals surface area contributed by atoms with Crippen molar-refractivity contribution < 1.29 is 4.79 Å². The van der Waals surface area contributed by atoms with E-state index in [9.17, 15) is 4.79 Å². The molecule has 0 saturated carbocycles. The van der Waals surface area contributed by atoms with Crippen molar-refractivity contribution >= 4 is 6.29 Å². The third kappa shape index (κ3) is 7.52. The van der Waals surface area contributed by atoms with Gasteiger partial charge in [0.25, 0.3) is 0 Å². The molecule has 0 rings (SSSR count). The lowest BCUT2D eigenvalue weighted by Crippen LogP contribution is -1.92. The Morgan fingerprint density at radius 2 is 2.08 bits per heavy atom. The Kier molecular flexibility index (Phi) is 8.09. The molecule has 1 nitrogen and oxygen atoms in total. The molecule has 0 aromatic carbocycles. The summed E-state index contributed by atoms with van der Waals surface area (Å²) in [6.45, 7) is 4.46. The van der Waals surface area contributed by atoms with Crippen LogP contribution in [-0.4, -0.2) is 6.29 Å². The SMILES string of the molecule is CCCCCC(C)C/C=C/C=O. The normalized spacial score (nSPS) is 13.5. The monoisotopic (exact) mass is 168 g/mol. The van der Waals surface area contributed by atoms with E-state index in [1.165, 1.54) is 25.7 Å². The van der Waals surface area contributed by atoms with Gasteiger partial charge in [-0.15, -0.1) is 0 Å². The third-order valence-corrected chi connectivity index (χ3v) is 2.05. The van der Waals surface area contributed by atoms with Crippen molar-refractivity contribution in [3.63, 3.8) is 0 Å². The average Bonchev–Trinajstić information content (AvgIpc) is 2.06. The number of carbonyl (C=O) groups excluding carboxylic acids is 1. The number of allylic oxidation sites excluding steroid dienone is 2. The molecular weight excluding hydrogens is 148 g/mol. The molecule has 12 heavy (non-hydrogen) atoms.